The van der Waals surface area contributed by atoms with Crippen LogP contribution in [0.1, 0.15) is 24.5 Å². The van der Waals surface area contributed by atoms with Gasteiger partial charge in [-0.15, -0.1) is 0 Å². The average Bonchev–Trinajstić information content (AvgIpc) is 2.29. The number of hydrogen-bond acceptors (Lipinski definition) is 3. The van der Waals surface area contributed by atoms with E-state index >= 15 is 0 Å². The van der Waals surface area contributed by atoms with Gasteiger partial charge in [0.1, 0.15) is 0 Å². The van der Waals surface area contributed by atoms with Crippen LogP contribution >= 0.6 is 0 Å². The van der Waals surface area contributed by atoms with Crippen molar-refractivity contribution >= 4 is 10.0 Å². The Morgan fingerprint density at radius 1 is 1.35 bits per heavy atom. The molecule has 1 aromatic rings. The Morgan fingerprint density at radius 3 is 2.53 bits per heavy atom. The van der Waals surface area contributed by atoms with Crippen molar-refractivity contribution in [3.05, 3.63) is 29.3 Å². The zero-order valence-electron chi connectivity index (χ0n) is 10.5. The van der Waals surface area contributed by atoms with Gasteiger partial charge in [-0.2, -0.15) is 0 Å². The zero-order chi connectivity index (χ0) is 13.1. The fraction of sp³-hybridized carbons (Fsp3) is 0.500. The zero-order valence-corrected chi connectivity index (χ0v) is 11.3. The Labute approximate surface area is 103 Å². The summed E-state index contributed by atoms with van der Waals surface area (Å²) in [5.74, 6) is 0. The van der Waals surface area contributed by atoms with E-state index in [1.807, 2.05) is 6.92 Å². The van der Waals surface area contributed by atoms with Gasteiger partial charge in [0.05, 0.1) is 11.5 Å². The molecule has 0 radical (unpaired) electrons. The van der Waals surface area contributed by atoms with E-state index in [-0.39, 0.29) is 11.5 Å². The molecule has 1 aromatic carbocycles. The first-order valence-corrected chi connectivity index (χ1v) is 7.04. The number of nitrogens with zero attached hydrogens (tertiary/aromatic N) is 1. The maximum atomic E-state index is 12.3. The molecule has 0 atom stereocenters. The highest BCUT2D eigenvalue weighted by Crippen LogP contribution is 2.21. The Balaban J connectivity index is 3.24. The fourth-order valence-corrected chi connectivity index (χ4v) is 3.24. The maximum absolute atomic E-state index is 12.3. The molecule has 96 valence electrons. The van der Waals surface area contributed by atoms with Gasteiger partial charge in [-0.3, -0.25) is 0 Å². The van der Waals surface area contributed by atoms with Crippen LogP contribution in [0.25, 0.3) is 0 Å². The lowest BCUT2D eigenvalue weighted by atomic mass is 10.1. The molecule has 0 saturated heterocycles. The summed E-state index contributed by atoms with van der Waals surface area (Å²) in [4.78, 5) is 0.278. The number of aliphatic hydroxyl groups excluding tert-OH is 1. The highest BCUT2D eigenvalue weighted by Gasteiger charge is 2.22. The number of aliphatic hydroxyl groups is 1. The Bertz CT molecular complexity index is 483. The van der Waals surface area contributed by atoms with Crippen molar-refractivity contribution in [2.24, 2.45) is 0 Å². The summed E-state index contributed by atoms with van der Waals surface area (Å²) in [6.07, 6.45) is 0.772. The van der Waals surface area contributed by atoms with Gasteiger partial charge < -0.3 is 5.11 Å². The van der Waals surface area contributed by atoms with Crippen LogP contribution in [0, 0.1) is 6.92 Å². The van der Waals surface area contributed by atoms with E-state index in [0.717, 1.165) is 6.42 Å². The van der Waals surface area contributed by atoms with Crippen molar-refractivity contribution < 1.29 is 13.5 Å². The van der Waals surface area contributed by atoms with Gasteiger partial charge in [0, 0.05) is 13.6 Å². The lowest BCUT2D eigenvalue weighted by Crippen LogP contribution is -2.28. The van der Waals surface area contributed by atoms with Gasteiger partial charge in [-0.05, 0) is 30.5 Å². The van der Waals surface area contributed by atoms with Gasteiger partial charge in [0.25, 0.3) is 0 Å². The van der Waals surface area contributed by atoms with Crippen LogP contribution in [0.15, 0.2) is 23.1 Å². The van der Waals surface area contributed by atoms with Gasteiger partial charge in [0.2, 0.25) is 10.0 Å². The van der Waals surface area contributed by atoms with E-state index in [2.05, 4.69) is 0 Å². The number of rotatable bonds is 5. The van der Waals surface area contributed by atoms with Gasteiger partial charge in [0.15, 0.2) is 0 Å². The topological polar surface area (TPSA) is 57.6 Å². The third-order valence-electron chi connectivity index (χ3n) is 2.79. The van der Waals surface area contributed by atoms with Crippen molar-refractivity contribution in [2.75, 3.05) is 13.6 Å². The minimum absolute atomic E-state index is 0.146. The lowest BCUT2D eigenvalue weighted by molar-refractivity contribution is 0.280. The smallest absolute Gasteiger partial charge is 0.243 e. The van der Waals surface area contributed by atoms with Gasteiger partial charge >= 0.3 is 0 Å². The lowest BCUT2D eigenvalue weighted by Gasteiger charge is -2.18. The molecule has 0 heterocycles. The van der Waals surface area contributed by atoms with Crippen LogP contribution in [0.5, 0.6) is 0 Å². The quantitative estimate of drug-likeness (QED) is 0.870. The number of benzene rings is 1. The van der Waals surface area contributed by atoms with Crippen LogP contribution in [-0.4, -0.2) is 31.4 Å². The first-order chi connectivity index (χ1) is 7.95. The Hall–Kier alpha value is -0.910. The molecule has 0 unspecified atom stereocenters. The molecule has 0 bridgehead atoms. The molecule has 0 aliphatic rings. The molecule has 17 heavy (non-hydrogen) atoms. The minimum Gasteiger partial charge on any atom is -0.392 e. The van der Waals surface area contributed by atoms with E-state index in [0.29, 0.717) is 17.7 Å². The van der Waals surface area contributed by atoms with Crippen LogP contribution < -0.4 is 0 Å². The fourth-order valence-electron chi connectivity index (χ4n) is 1.71. The first-order valence-electron chi connectivity index (χ1n) is 5.60. The van der Waals surface area contributed by atoms with Crippen LogP contribution in [-0.2, 0) is 16.6 Å². The number of sulfonamides is 1. The molecular weight excluding hydrogens is 238 g/mol. The molecule has 0 fully saturated rings. The highest BCUT2D eigenvalue weighted by molar-refractivity contribution is 7.89. The van der Waals surface area contributed by atoms with E-state index in [9.17, 15) is 8.42 Å². The predicted octanol–water partition coefficient (Wildman–Crippen LogP) is 1.52. The van der Waals surface area contributed by atoms with Crippen molar-refractivity contribution in [3.63, 3.8) is 0 Å². The summed E-state index contributed by atoms with van der Waals surface area (Å²) >= 11 is 0. The summed E-state index contributed by atoms with van der Waals surface area (Å²) < 4.78 is 25.9. The molecule has 0 spiro atoms. The molecule has 0 aliphatic carbocycles. The molecule has 0 saturated carbocycles. The summed E-state index contributed by atoms with van der Waals surface area (Å²) in [5, 5.41) is 9.14. The van der Waals surface area contributed by atoms with Crippen molar-refractivity contribution in [3.8, 4) is 0 Å². The van der Waals surface area contributed by atoms with E-state index in [4.69, 9.17) is 5.11 Å². The third kappa shape index (κ3) is 2.86. The molecule has 0 aliphatic heterocycles. The van der Waals surface area contributed by atoms with Crippen molar-refractivity contribution in [1.29, 1.82) is 0 Å². The molecule has 0 aromatic heterocycles. The Kier molecular flexibility index (Phi) is 4.68. The second-order valence-corrected chi connectivity index (χ2v) is 6.04. The van der Waals surface area contributed by atoms with Crippen molar-refractivity contribution in [2.45, 2.75) is 31.8 Å². The van der Waals surface area contributed by atoms with Crippen LogP contribution in [0.4, 0.5) is 0 Å². The van der Waals surface area contributed by atoms with E-state index in [1.165, 1.54) is 4.31 Å². The second-order valence-electron chi connectivity index (χ2n) is 4.02. The summed E-state index contributed by atoms with van der Waals surface area (Å²) in [6, 6.07) is 4.97. The Morgan fingerprint density at radius 2 is 2.00 bits per heavy atom. The summed E-state index contributed by atoms with van der Waals surface area (Å²) in [6.45, 7) is 4.00. The first kappa shape index (κ1) is 14.2. The molecule has 5 heteroatoms. The van der Waals surface area contributed by atoms with Gasteiger partial charge in [-0.1, -0.05) is 19.1 Å². The monoisotopic (exact) mass is 257 g/mol. The summed E-state index contributed by atoms with van der Waals surface area (Å²) in [7, 11) is -1.87. The predicted molar refractivity (Wildman–Crippen MR) is 67.2 cm³/mol. The van der Waals surface area contributed by atoms with Crippen LogP contribution in [0.3, 0.4) is 0 Å². The summed E-state index contributed by atoms with van der Waals surface area (Å²) in [5.41, 5.74) is 1.27. The highest BCUT2D eigenvalue weighted by atomic mass is 32.2. The molecule has 4 nitrogen and oxygen atoms in total. The third-order valence-corrected chi connectivity index (χ3v) is 4.79. The van der Waals surface area contributed by atoms with Gasteiger partial charge in [-0.25, -0.2) is 12.7 Å². The average molecular weight is 257 g/mol. The normalized spacial score (nSPS) is 12.1. The van der Waals surface area contributed by atoms with Crippen molar-refractivity contribution in [1.82, 2.24) is 4.31 Å². The molecule has 0 amide bonds. The standard InChI is InChI=1S/C12H19NO3S/c1-4-8-13(3)17(15,16)12-7-5-6-11(9-14)10(12)2/h5-7,14H,4,8-9H2,1-3H3. The largest absolute Gasteiger partial charge is 0.392 e. The second kappa shape index (κ2) is 5.62. The molecule has 1 rings (SSSR count). The number of hydrogen-bond donors (Lipinski definition) is 1. The minimum atomic E-state index is -3.44. The van der Waals surface area contributed by atoms with E-state index < -0.39 is 10.0 Å². The maximum Gasteiger partial charge on any atom is 0.243 e. The van der Waals surface area contributed by atoms with E-state index in [1.54, 1.807) is 32.2 Å². The van der Waals surface area contributed by atoms with Crippen LogP contribution in [0.2, 0.25) is 0 Å². The SMILES string of the molecule is CCCN(C)S(=O)(=O)c1cccc(CO)c1C. The molecular formula is C12H19NO3S. The molecule has 1 N–H and O–H groups in total.